The summed E-state index contributed by atoms with van der Waals surface area (Å²) in [6.07, 6.45) is 10.7. The Bertz CT molecular complexity index is 393. The Morgan fingerprint density at radius 3 is 2.42 bits per heavy atom. The van der Waals surface area contributed by atoms with Gasteiger partial charge in [-0.15, -0.1) is 0 Å². The second-order valence-electron chi connectivity index (χ2n) is 8.73. The van der Waals surface area contributed by atoms with Gasteiger partial charge in [0.1, 0.15) is 5.60 Å². The minimum absolute atomic E-state index is 0.0223. The minimum atomic E-state index is -0.355. The van der Waals surface area contributed by atoms with Gasteiger partial charge in [0.2, 0.25) is 0 Å². The molecule has 0 aromatic rings. The number of hydrogen-bond acceptors (Lipinski definition) is 4. The molecule has 0 amide bonds. The molecule has 0 bridgehead atoms. The van der Waals surface area contributed by atoms with Crippen molar-refractivity contribution in [2.45, 2.75) is 90.4 Å². The molecule has 26 heavy (non-hydrogen) atoms. The first-order chi connectivity index (χ1) is 12.4. The van der Waals surface area contributed by atoms with Crippen molar-refractivity contribution in [3.8, 4) is 0 Å². The Hall–Kier alpha value is -0.260. The van der Waals surface area contributed by atoms with Gasteiger partial charge < -0.3 is 14.2 Å². The van der Waals surface area contributed by atoms with Crippen LogP contribution in [-0.4, -0.2) is 48.3 Å². The van der Waals surface area contributed by atoms with Crippen LogP contribution in [0, 0.1) is 5.92 Å². The van der Waals surface area contributed by atoms with Crippen LogP contribution < -0.4 is 0 Å². The summed E-state index contributed by atoms with van der Waals surface area (Å²) in [6, 6.07) is 0. The molecular weight excluding hydrogens is 348 g/mol. The third kappa shape index (κ3) is 9.09. The van der Waals surface area contributed by atoms with E-state index in [0.29, 0.717) is 0 Å². The molecule has 2 aliphatic rings. The van der Waals surface area contributed by atoms with Gasteiger partial charge in [-0.1, -0.05) is 12.8 Å². The first kappa shape index (κ1) is 22.0. The average Bonchev–Trinajstić information content (AvgIpc) is 2.61. The standard InChI is InChI=1S/C21H40O4S/c1-21(2,3)25-20(22)18-11-16-26(17-12-18)15-9-5-4-7-13-23-19-10-6-8-14-24-19/h18-19,26H,4-17H2,1-3H3. The van der Waals surface area contributed by atoms with E-state index < -0.39 is 0 Å². The molecule has 5 heteroatoms. The van der Waals surface area contributed by atoms with Crippen LogP contribution in [0.15, 0.2) is 0 Å². The molecule has 2 heterocycles. The molecular formula is C21H40O4S. The van der Waals surface area contributed by atoms with Crippen LogP contribution >= 0.6 is 10.9 Å². The predicted octanol–water partition coefficient (Wildman–Crippen LogP) is 4.84. The summed E-state index contributed by atoms with van der Waals surface area (Å²) in [6.45, 7) is 7.56. The fraction of sp³-hybridized carbons (Fsp3) is 0.952. The van der Waals surface area contributed by atoms with E-state index in [4.69, 9.17) is 14.2 Å². The summed E-state index contributed by atoms with van der Waals surface area (Å²) in [5.41, 5.74) is -0.355. The third-order valence-corrected chi connectivity index (χ3v) is 7.87. The number of carbonyl (C=O) groups is 1. The van der Waals surface area contributed by atoms with Crippen LogP contribution in [0.5, 0.6) is 0 Å². The first-order valence-electron chi connectivity index (χ1n) is 10.6. The predicted molar refractivity (Wildman–Crippen MR) is 110 cm³/mol. The molecule has 0 aromatic heterocycles. The highest BCUT2D eigenvalue weighted by Crippen LogP contribution is 2.37. The van der Waals surface area contributed by atoms with Crippen LogP contribution in [0.25, 0.3) is 0 Å². The largest absolute Gasteiger partial charge is 0.460 e. The second kappa shape index (κ2) is 11.6. The van der Waals surface area contributed by atoms with E-state index in [1.807, 2.05) is 20.8 Å². The molecule has 0 aromatic carbocycles. The van der Waals surface area contributed by atoms with Crippen molar-refractivity contribution in [1.82, 2.24) is 0 Å². The summed E-state index contributed by atoms with van der Waals surface area (Å²) < 4.78 is 16.9. The fourth-order valence-electron chi connectivity index (χ4n) is 3.63. The number of thiol groups is 1. The molecule has 0 N–H and O–H groups in total. The third-order valence-electron chi connectivity index (χ3n) is 5.14. The molecule has 0 saturated carbocycles. The molecule has 2 fully saturated rings. The second-order valence-corrected chi connectivity index (χ2v) is 11.4. The van der Waals surface area contributed by atoms with Crippen LogP contribution in [0.2, 0.25) is 0 Å². The Balaban J connectivity index is 1.44. The number of carbonyl (C=O) groups excluding carboxylic acids is 1. The minimum Gasteiger partial charge on any atom is -0.460 e. The lowest BCUT2D eigenvalue weighted by molar-refractivity contribution is -0.162. The molecule has 2 saturated heterocycles. The number of hydrogen-bond donors (Lipinski definition) is 1. The van der Waals surface area contributed by atoms with Gasteiger partial charge in [-0.05, 0) is 83.0 Å². The van der Waals surface area contributed by atoms with Crippen molar-refractivity contribution >= 4 is 16.9 Å². The van der Waals surface area contributed by atoms with E-state index >= 15 is 0 Å². The van der Waals surface area contributed by atoms with Crippen LogP contribution in [-0.2, 0) is 19.0 Å². The van der Waals surface area contributed by atoms with Crippen LogP contribution in [0.1, 0.15) is 78.6 Å². The van der Waals surface area contributed by atoms with Gasteiger partial charge in [-0.3, -0.25) is 15.7 Å². The first-order valence-corrected chi connectivity index (χ1v) is 12.5. The number of rotatable bonds is 9. The topological polar surface area (TPSA) is 44.8 Å². The Morgan fingerprint density at radius 1 is 1.04 bits per heavy atom. The number of esters is 1. The van der Waals surface area contributed by atoms with Gasteiger partial charge in [0.15, 0.2) is 6.29 Å². The van der Waals surface area contributed by atoms with E-state index in [1.165, 1.54) is 49.4 Å². The normalized spacial score (nSPS) is 28.7. The summed E-state index contributed by atoms with van der Waals surface area (Å²) in [7, 11) is 0.150. The highest BCUT2D eigenvalue weighted by Gasteiger charge is 2.28. The molecule has 2 aliphatic heterocycles. The average molecular weight is 389 g/mol. The Labute approximate surface area is 163 Å². The molecule has 1 atom stereocenters. The highest BCUT2D eigenvalue weighted by molar-refractivity contribution is 8.17. The van der Waals surface area contributed by atoms with E-state index in [2.05, 4.69) is 0 Å². The van der Waals surface area contributed by atoms with Crippen molar-refractivity contribution in [3.63, 3.8) is 0 Å². The van der Waals surface area contributed by atoms with Crippen molar-refractivity contribution in [3.05, 3.63) is 0 Å². The molecule has 0 aliphatic carbocycles. The summed E-state index contributed by atoms with van der Waals surface area (Å²) in [4.78, 5) is 12.2. The molecule has 0 radical (unpaired) electrons. The zero-order valence-electron chi connectivity index (χ0n) is 17.1. The monoisotopic (exact) mass is 388 g/mol. The maximum absolute atomic E-state index is 12.2. The molecule has 0 spiro atoms. The van der Waals surface area contributed by atoms with Crippen molar-refractivity contribution in [2.75, 3.05) is 30.5 Å². The van der Waals surface area contributed by atoms with Gasteiger partial charge in [-0.25, -0.2) is 0 Å². The fourth-order valence-corrected chi connectivity index (χ4v) is 6.32. The summed E-state index contributed by atoms with van der Waals surface area (Å²) in [5, 5.41) is 0. The molecule has 1 unspecified atom stereocenters. The van der Waals surface area contributed by atoms with Crippen molar-refractivity contribution in [1.29, 1.82) is 0 Å². The lowest BCUT2D eigenvalue weighted by Gasteiger charge is -2.32. The summed E-state index contributed by atoms with van der Waals surface area (Å²) in [5.74, 6) is 4.05. The van der Waals surface area contributed by atoms with Crippen LogP contribution in [0.4, 0.5) is 0 Å². The smallest absolute Gasteiger partial charge is 0.309 e. The lowest BCUT2D eigenvalue weighted by atomic mass is 10.0. The maximum atomic E-state index is 12.2. The van der Waals surface area contributed by atoms with E-state index in [9.17, 15) is 4.79 Å². The molecule has 2 rings (SSSR count). The van der Waals surface area contributed by atoms with Gasteiger partial charge in [-0.2, -0.15) is 0 Å². The van der Waals surface area contributed by atoms with Crippen molar-refractivity contribution < 1.29 is 19.0 Å². The number of ether oxygens (including phenoxy) is 3. The maximum Gasteiger partial charge on any atom is 0.309 e. The van der Waals surface area contributed by atoms with E-state index in [1.54, 1.807) is 0 Å². The Morgan fingerprint density at radius 2 is 1.77 bits per heavy atom. The zero-order chi connectivity index (χ0) is 18.8. The van der Waals surface area contributed by atoms with Gasteiger partial charge >= 0.3 is 5.97 Å². The lowest BCUT2D eigenvalue weighted by Crippen LogP contribution is -2.31. The van der Waals surface area contributed by atoms with E-state index in [0.717, 1.165) is 38.9 Å². The van der Waals surface area contributed by atoms with Crippen LogP contribution in [0.3, 0.4) is 0 Å². The van der Waals surface area contributed by atoms with Gasteiger partial charge in [0.05, 0.1) is 5.92 Å². The highest BCUT2D eigenvalue weighted by atomic mass is 32.2. The van der Waals surface area contributed by atoms with Crippen molar-refractivity contribution in [2.24, 2.45) is 5.92 Å². The number of unbranched alkanes of at least 4 members (excludes halogenated alkanes) is 3. The Kier molecular flexibility index (Phi) is 9.79. The van der Waals surface area contributed by atoms with Gasteiger partial charge in [0, 0.05) is 13.2 Å². The summed E-state index contributed by atoms with van der Waals surface area (Å²) >= 11 is 0. The molecule has 154 valence electrons. The van der Waals surface area contributed by atoms with Gasteiger partial charge in [0.25, 0.3) is 0 Å². The quantitative estimate of drug-likeness (QED) is 0.349. The van der Waals surface area contributed by atoms with E-state index in [-0.39, 0.29) is 34.7 Å². The SMILES string of the molecule is CC(C)(C)OC(=O)C1CC[SH](CCCCCCOC2CCCCO2)CC1. The zero-order valence-corrected chi connectivity index (χ0v) is 18.0. The molecule has 4 nitrogen and oxygen atoms in total.